The smallest absolute Gasteiger partial charge is 0.306 e. The predicted molar refractivity (Wildman–Crippen MR) is 115 cm³/mol. The quantitative estimate of drug-likeness (QED) is 0.560. The summed E-state index contributed by atoms with van der Waals surface area (Å²) in [5.41, 5.74) is 2.06. The third kappa shape index (κ3) is 4.22. The number of thiophene rings is 1. The first-order chi connectivity index (χ1) is 15.1. The Balaban J connectivity index is 1.48. The highest BCUT2D eigenvalue weighted by molar-refractivity contribution is 7.92. The lowest BCUT2D eigenvalue weighted by Crippen LogP contribution is -2.43. The summed E-state index contributed by atoms with van der Waals surface area (Å²) in [5.74, 6) is -0.869. The lowest BCUT2D eigenvalue weighted by atomic mass is 9.96. The summed E-state index contributed by atoms with van der Waals surface area (Å²) in [7, 11) is -4.23. The minimum Gasteiger partial charge on any atom is -0.306 e. The maximum atomic E-state index is 13.1. The standard InChI is InChI=1S/C20H15FN4O5S2/c1-11-2-3-12-9-17(26)25(19(27)14(12)8-11)16-6-4-13(10-22-16)23-20(28)24-32(29,30)18-7-5-15(21)31-18/h2-8,10H,9H2,1H3,(H2,23,24,28). The molecule has 2 aromatic heterocycles. The van der Waals surface area contributed by atoms with Gasteiger partial charge in [-0.2, -0.15) is 4.39 Å². The van der Waals surface area contributed by atoms with Crippen LogP contribution in [0.4, 0.5) is 20.7 Å². The van der Waals surface area contributed by atoms with Crippen molar-refractivity contribution >= 4 is 50.7 Å². The molecule has 12 heteroatoms. The zero-order chi connectivity index (χ0) is 23.0. The molecule has 3 heterocycles. The van der Waals surface area contributed by atoms with Gasteiger partial charge in [0.2, 0.25) is 5.91 Å². The minimum atomic E-state index is -4.23. The Morgan fingerprint density at radius 3 is 2.59 bits per heavy atom. The number of halogens is 1. The number of amides is 4. The van der Waals surface area contributed by atoms with E-state index in [0.29, 0.717) is 22.5 Å². The maximum absolute atomic E-state index is 13.1. The third-order valence-electron chi connectivity index (χ3n) is 4.57. The van der Waals surface area contributed by atoms with Gasteiger partial charge in [-0.3, -0.25) is 9.59 Å². The Hall–Kier alpha value is -3.64. The number of aryl methyl sites for hydroxylation is 1. The number of fused-ring (bicyclic) bond motifs is 1. The molecule has 0 radical (unpaired) electrons. The second-order valence-corrected chi connectivity index (χ2v) is 9.84. The number of imide groups is 1. The van der Waals surface area contributed by atoms with E-state index in [-0.39, 0.29) is 22.1 Å². The monoisotopic (exact) mass is 474 g/mol. The molecule has 164 valence electrons. The number of pyridine rings is 1. The molecule has 0 saturated carbocycles. The SMILES string of the molecule is Cc1ccc2c(c1)C(=O)N(c1ccc(NC(=O)NS(=O)(=O)c3ccc(F)s3)cn1)C(=O)C2. The van der Waals surface area contributed by atoms with Crippen molar-refractivity contribution in [1.29, 1.82) is 0 Å². The Morgan fingerprint density at radius 1 is 1.16 bits per heavy atom. The van der Waals surface area contributed by atoms with E-state index in [9.17, 15) is 27.2 Å². The molecule has 9 nitrogen and oxygen atoms in total. The predicted octanol–water partition coefficient (Wildman–Crippen LogP) is 2.83. The van der Waals surface area contributed by atoms with Crippen LogP contribution in [0.2, 0.25) is 0 Å². The maximum Gasteiger partial charge on any atom is 0.333 e. The highest BCUT2D eigenvalue weighted by Gasteiger charge is 2.33. The van der Waals surface area contributed by atoms with Crippen molar-refractivity contribution < 1.29 is 27.2 Å². The molecule has 0 bridgehead atoms. The number of sulfonamides is 1. The highest BCUT2D eigenvalue weighted by Crippen LogP contribution is 2.26. The number of hydrogen-bond donors (Lipinski definition) is 2. The van der Waals surface area contributed by atoms with Crippen LogP contribution in [-0.2, 0) is 21.2 Å². The molecule has 0 spiro atoms. The fourth-order valence-electron chi connectivity index (χ4n) is 3.11. The summed E-state index contributed by atoms with van der Waals surface area (Å²) in [6.45, 7) is 1.84. The van der Waals surface area contributed by atoms with Gasteiger partial charge in [0.15, 0.2) is 5.13 Å². The molecular weight excluding hydrogens is 459 g/mol. The van der Waals surface area contributed by atoms with E-state index >= 15 is 0 Å². The largest absolute Gasteiger partial charge is 0.333 e. The van der Waals surface area contributed by atoms with Gasteiger partial charge < -0.3 is 5.32 Å². The molecule has 1 aromatic carbocycles. The van der Waals surface area contributed by atoms with Crippen molar-refractivity contribution in [2.45, 2.75) is 17.6 Å². The first-order valence-electron chi connectivity index (χ1n) is 9.16. The average molecular weight is 474 g/mol. The topological polar surface area (TPSA) is 126 Å². The van der Waals surface area contributed by atoms with E-state index in [1.54, 1.807) is 16.9 Å². The molecule has 4 amide bonds. The molecule has 3 aromatic rings. The van der Waals surface area contributed by atoms with Gasteiger partial charge in [-0.15, -0.1) is 0 Å². The van der Waals surface area contributed by atoms with Crippen LogP contribution in [-0.4, -0.2) is 31.2 Å². The number of hydrogen-bond acceptors (Lipinski definition) is 7. The zero-order valence-electron chi connectivity index (χ0n) is 16.5. The van der Waals surface area contributed by atoms with Crippen LogP contribution in [0.5, 0.6) is 0 Å². The molecule has 1 aliphatic heterocycles. The second-order valence-electron chi connectivity index (χ2n) is 6.89. The summed E-state index contributed by atoms with van der Waals surface area (Å²) in [4.78, 5) is 42.4. The van der Waals surface area contributed by atoms with Crippen LogP contribution in [0.3, 0.4) is 0 Å². The van der Waals surface area contributed by atoms with Crippen molar-refractivity contribution in [3.63, 3.8) is 0 Å². The number of carbonyl (C=O) groups is 3. The number of urea groups is 1. The lowest BCUT2D eigenvalue weighted by Gasteiger charge is -2.26. The Morgan fingerprint density at radius 2 is 1.94 bits per heavy atom. The Kier molecular flexibility index (Phi) is 5.48. The molecule has 0 unspecified atom stereocenters. The summed E-state index contributed by atoms with van der Waals surface area (Å²) in [6, 6.07) is 8.94. The Bertz CT molecular complexity index is 1350. The molecule has 2 N–H and O–H groups in total. The van der Waals surface area contributed by atoms with Crippen LogP contribution >= 0.6 is 11.3 Å². The fourth-order valence-corrected chi connectivity index (χ4v) is 5.02. The number of nitrogens with one attached hydrogen (secondary N) is 2. The Labute approximate surface area is 185 Å². The van der Waals surface area contributed by atoms with Gasteiger partial charge in [0.05, 0.1) is 18.3 Å². The van der Waals surface area contributed by atoms with Crippen LogP contribution < -0.4 is 14.9 Å². The number of carbonyl (C=O) groups excluding carboxylic acids is 3. The number of nitrogens with zero attached hydrogens (tertiary/aromatic N) is 2. The van der Waals surface area contributed by atoms with Gasteiger partial charge in [0, 0.05) is 5.56 Å². The summed E-state index contributed by atoms with van der Waals surface area (Å²) >= 11 is 0.378. The van der Waals surface area contributed by atoms with Crippen molar-refractivity contribution in [2.24, 2.45) is 0 Å². The van der Waals surface area contributed by atoms with Gasteiger partial charge in [0.25, 0.3) is 15.9 Å². The van der Waals surface area contributed by atoms with Crippen molar-refractivity contribution in [2.75, 3.05) is 10.2 Å². The molecule has 4 rings (SSSR count). The molecule has 0 aliphatic carbocycles. The van der Waals surface area contributed by atoms with Gasteiger partial charge >= 0.3 is 6.03 Å². The number of rotatable bonds is 4. The number of benzene rings is 1. The molecule has 1 aliphatic rings. The van der Waals surface area contributed by atoms with Crippen LogP contribution in [0.15, 0.2) is 52.9 Å². The molecule has 0 atom stereocenters. The summed E-state index contributed by atoms with van der Waals surface area (Å²) in [6.07, 6.45) is 1.23. The van der Waals surface area contributed by atoms with Gasteiger partial charge in [-0.05, 0) is 42.8 Å². The zero-order valence-corrected chi connectivity index (χ0v) is 18.1. The summed E-state index contributed by atoms with van der Waals surface area (Å²) in [5, 5.41) is 1.58. The number of anilines is 2. The third-order valence-corrected chi connectivity index (χ3v) is 7.26. The minimum absolute atomic E-state index is 0.0482. The lowest BCUT2D eigenvalue weighted by molar-refractivity contribution is -0.117. The van der Waals surface area contributed by atoms with E-state index in [0.717, 1.165) is 22.6 Å². The first kappa shape index (κ1) is 21.6. The van der Waals surface area contributed by atoms with E-state index in [2.05, 4.69) is 10.3 Å². The molecule has 0 saturated heterocycles. The van der Waals surface area contributed by atoms with Crippen molar-refractivity contribution in [3.8, 4) is 0 Å². The van der Waals surface area contributed by atoms with E-state index in [4.69, 9.17) is 0 Å². The number of aromatic nitrogens is 1. The van der Waals surface area contributed by atoms with Gasteiger partial charge in [-0.25, -0.2) is 27.8 Å². The highest BCUT2D eigenvalue weighted by atomic mass is 32.2. The van der Waals surface area contributed by atoms with Crippen LogP contribution in [0, 0.1) is 12.1 Å². The second kappa shape index (κ2) is 8.13. The first-order valence-corrected chi connectivity index (χ1v) is 11.5. The molecular formula is C20H15FN4O5S2. The average Bonchev–Trinajstić information content (AvgIpc) is 3.17. The van der Waals surface area contributed by atoms with Gasteiger partial charge in [0.1, 0.15) is 10.0 Å². The van der Waals surface area contributed by atoms with Crippen molar-refractivity contribution in [1.82, 2.24) is 9.71 Å². The molecule has 0 fully saturated rings. The van der Waals surface area contributed by atoms with E-state index < -0.39 is 33.0 Å². The van der Waals surface area contributed by atoms with Crippen molar-refractivity contribution in [3.05, 3.63) is 70.5 Å². The normalized spacial score (nSPS) is 13.6. The van der Waals surface area contributed by atoms with E-state index in [1.165, 1.54) is 18.3 Å². The van der Waals surface area contributed by atoms with Gasteiger partial charge in [-0.1, -0.05) is 29.0 Å². The van der Waals surface area contributed by atoms with E-state index in [1.807, 2.05) is 13.0 Å². The van der Waals surface area contributed by atoms with Crippen LogP contribution in [0.1, 0.15) is 21.5 Å². The van der Waals surface area contributed by atoms with Crippen LogP contribution in [0.25, 0.3) is 0 Å². The summed E-state index contributed by atoms with van der Waals surface area (Å²) < 4.78 is 38.6. The fraction of sp³-hybridized carbons (Fsp3) is 0.100. The molecule has 32 heavy (non-hydrogen) atoms.